The number of hydrogen-bond donors (Lipinski definition) is 2. The van der Waals surface area contributed by atoms with E-state index in [1.807, 2.05) is 81.4 Å². The van der Waals surface area contributed by atoms with Gasteiger partial charge in [-0.2, -0.15) is 0 Å². The molecule has 0 fully saturated rings. The Labute approximate surface area is 182 Å². The van der Waals surface area contributed by atoms with Crippen molar-refractivity contribution in [2.24, 2.45) is 11.1 Å². The number of nitrogens with zero attached hydrogens (tertiary/aromatic N) is 2. The summed E-state index contributed by atoms with van der Waals surface area (Å²) in [4.78, 5) is 12.2. The van der Waals surface area contributed by atoms with E-state index in [4.69, 9.17) is 15.3 Å². The lowest BCUT2D eigenvalue weighted by molar-refractivity contribution is -0.466. The van der Waals surface area contributed by atoms with Crippen LogP contribution in [0.4, 0.5) is 10.5 Å². The molecule has 3 rings (SSSR count). The van der Waals surface area contributed by atoms with E-state index < -0.39 is 6.03 Å². The zero-order chi connectivity index (χ0) is 22.4. The predicted octanol–water partition coefficient (Wildman–Crippen LogP) is 5.48. The van der Waals surface area contributed by atoms with E-state index in [2.05, 4.69) is 10.5 Å². The van der Waals surface area contributed by atoms with E-state index >= 15 is 0 Å². The number of benzene rings is 3. The third-order valence-corrected chi connectivity index (χ3v) is 4.93. The van der Waals surface area contributed by atoms with Crippen molar-refractivity contribution in [3.8, 4) is 17.2 Å². The second kappa shape index (κ2) is 9.75. The zero-order valence-corrected chi connectivity index (χ0v) is 18.2. The summed E-state index contributed by atoms with van der Waals surface area (Å²) in [6.07, 6.45) is 0. The minimum atomic E-state index is -0.427. The van der Waals surface area contributed by atoms with Crippen molar-refractivity contribution in [1.29, 1.82) is 0 Å². The van der Waals surface area contributed by atoms with Gasteiger partial charge in [0.05, 0.1) is 7.05 Å². The molecule has 160 valence electrons. The lowest BCUT2D eigenvalue weighted by atomic mass is 10.1. The Balaban J connectivity index is 1.78. The van der Waals surface area contributed by atoms with Gasteiger partial charge in [0.25, 0.3) is 0 Å². The van der Waals surface area contributed by atoms with Gasteiger partial charge in [-0.05, 0) is 67.8 Å². The van der Waals surface area contributed by atoms with E-state index in [0.29, 0.717) is 12.3 Å². The number of aryl methyl sites for hydroxylation is 3. The van der Waals surface area contributed by atoms with E-state index in [9.17, 15) is 4.79 Å². The molecule has 3 N–H and O–H groups in total. The molecule has 0 spiro atoms. The van der Waals surface area contributed by atoms with Crippen LogP contribution in [0.1, 0.15) is 22.3 Å². The Hall–Kier alpha value is -3.87. The van der Waals surface area contributed by atoms with Crippen LogP contribution in [0.5, 0.6) is 17.2 Å². The number of rotatable bonds is 6. The number of urea groups is 1. The van der Waals surface area contributed by atoms with Crippen molar-refractivity contribution in [3.05, 3.63) is 82.9 Å². The highest BCUT2D eigenvalue weighted by Gasteiger charge is 2.16. The molecule has 0 aliphatic heterocycles. The Morgan fingerprint density at radius 3 is 2.35 bits per heavy atom. The number of anilines is 1. The van der Waals surface area contributed by atoms with Crippen LogP contribution in [0, 0.1) is 20.8 Å². The van der Waals surface area contributed by atoms with E-state index in [1.54, 1.807) is 0 Å². The Morgan fingerprint density at radius 2 is 1.65 bits per heavy atom. The molecule has 0 heterocycles. The van der Waals surface area contributed by atoms with Gasteiger partial charge in [0.2, 0.25) is 0 Å². The second-order valence-corrected chi connectivity index (χ2v) is 7.26. The molecular weight excluding hydrogens is 392 g/mol. The van der Waals surface area contributed by atoms with E-state index in [-0.39, 0.29) is 0 Å². The summed E-state index contributed by atoms with van der Waals surface area (Å²) in [7, 11) is 1.48. The van der Waals surface area contributed by atoms with Crippen molar-refractivity contribution in [1.82, 2.24) is 0 Å². The van der Waals surface area contributed by atoms with Gasteiger partial charge in [0.1, 0.15) is 29.5 Å². The number of carbonyl (C=O) groups excluding carboxylic acids is 1. The predicted molar refractivity (Wildman–Crippen MR) is 120 cm³/mol. The lowest BCUT2D eigenvalue weighted by Crippen LogP contribution is -2.23. The first-order valence-corrected chi connectivity index (χ1v) is 9.90. The molecule has 3 aromatic carbocycles. The number of para-hydroxylation sites is 1. The summed E-state index contributed by atoms with van der Waals surface area (Å²) in [5.41, 5.74) is 4.46. The third-order valence-electron chi connectivity index (χ3n) is 4.93. The Bertz CT molecular complexity index is 1110. The monoisotopic (exact) mass is 419 g/mol. The number of nitrogens with two attached hydrogens (primary N) is 1. The molecule has 0 bridgehead atoms. The first-order chi connectivity index (χ1) is 14.9. The van der Waals surface area contributed by atoms with E-state index in [0.717, 1.165) is 44.2 Å². The van der Waals surface area contributed by atoms with Gasteiger partial charge in [-0.1, -0.05) is 30.3 Å². The average molecular weight is 420 g/mol. The van der Waals surface area contributed by atoms with Crippen molar-refractivity contribution in [3.63, 3.8) is 0 Å². The molecule has 0 saturated carbocycles. The first-order valence-electron chi connectivity index (χ1n) is 9.90. The largest absolute Gasteiger partial charge is 0.488 e. The maximum absolute atomic E-state index is 12.2. The summed E-state index contributed by atoms with van der Waals surface area (Å²) >= 11 is 0. The smallest absolute Gasteiger partial charge is 0.459 e. The summed E-state index contributed by atoms with van der Waals surface area (Å²) in [6, 6.07) is 18.8. The van der Waals surface area contributed by atoms with Crippen molar-refractivity contribution in [2.75, 3.05) is 12.4 Å². The fourth-order valence-electron chi connectivity index (χ4n) is 3.05. The number of amides is 2. The summed E-state index contributed by atoms with van der Waals surface area (Å²) < 4.78 is 13.2. The fourth-order valence-corrected chi connectivity index (χ4v) is 3.05. The molecule has 0 aromatic heterocycles. The normalized spacial score (nSPS) is 11.2. The van der Waals surface area contributed by atoms with Gasteiger partial charge in [0, 0.05) is 10.8 Å². The molecule has 0 atom stereocenters. The second-order valence-electron chi connectivity index (χ2n) is 7.26. The van der Waals surface area contributed by atoms with Crippen LogP contribution in [0.2, 0.25) is 0 Å². The quantitative estimate of drug-likeness (QED) is 0.239. The average Bonchev–Trinajstić information content (AvgIpc) is 2.76. The molecule has 0 saturated heterocycles. The van der Waals surface area contributed by atoms with Crippen LogP contribution in [-0.4, -0.2) is 17.8 Å². The standard InChI is InChI=1S/C24H26N4O3/c1-16-9-8-12-21(26-24(29)28(4)27-25)20(16)15-30-22-13-18(3)23(14-17(22)2)31-19-10-6-5-7-11-19/h5-14,25H,15H2,1-4H3,(H,26,29)/p+1. The van der Waals surface area contributed by atoms with Gasteiger partial charge in [-0.3, -0.25) is 0 Å². The zero-order valence-electron chi connectivity index (χ0n) is 18.2. The van der Waals surface area contributed by atoms with Crippen LogP contribution in [-0.2, 0) is 6.61 Å². The summed E-state index contributed by atoms with van der Waals surface area (Å²) in [5, 5.41) is 6.18. The van der Waals surface area contributed by atoms with Crippen LogP contribution >= 0.6 is 0 Å². The molecule has 0 aliphatic rings. The molecule has 31 heavy (non-hydrogen) atoms. The van der Waals surface area contributed by atoms with Crippen molar-refractivity contribution < 1.29 is 19.0 Å². The molecule has 2 amide bonds. The fraction of sp³-hybridized carbons (Fsp3) is 0.208. The molecule has 7 nitrogen and oxygen atoms in total. The van der Waals surface area contributed by atoms with Gasteiger partial charge < -0.3 is 9.47 Å². The van der Waals surface area contributed by atoms with Crippen LogP contribution in [0.15, 0.2) is 65.9 Å². The third kappa shape index (κ3) is 5.39. The molecule has 7 heteroatoms. The number of carbonyl (C=O) groups is 1. The first kappa shape index (κ1) is 21.8. The molecule has 0 radical (unpaired) electrons. The van der Waals surface area contributed by atoms with Gasteiger partial charge in [0.15, 0.2) is 0 Å². The highest BCUT2D eigenvalue weighted by Crippen LogP contribution is 2.32. The Morgan fingerprint density at radius 1 is 0.968 bits per heavy atom. The molecule has 3 aromatic rings. The maximum atomic E-state index is 12.2. The number of nitrogens with one attached hydrogen (secondary N) is 1. The van der Waals surface area contributed by atoms with Crippen LogP contribution < -0.4 is 20.6 Å². The summed E-state index contributed by atoms with van der Waals surface area (Å²) in [5.74, 6) is 7.50. The minimum absolute atomic E-state index is 0.297. The SMILES string of the molecule is Cc1cc(Oc2ccccc2)c(C)cc1OCc1c(C)cccc1NC(=O)/[N+](C)=N\N. The highest BCUT2D eigenvalue weighted by molar-refractivity contribution is 5.84. The molecule has 0 unspecified atom stereocenters. The Kier molecular flexibility index (Phi) is 6.87. The molecular formula is C24H27N4O3+. The highest BCUT2D eigenvalue weighted by atomic mass is 16.5. The summed E-state index contributed by atoms with van der Waals surface area (Å²) in [6.45, 7) is 6.23. The van der Waals surface area contributed by atoms with Gasteiger partial charge in [-0.25, -0.2) is 16.0 Å². The minimum Gasteiger partial charge on any atom is -0.488 e. The number of hydrogen-bond acceptors (Lipinski definition) is 4. The van der Waals surface area contributed by atoms with E-state index in [1.165, 1.54) is 7.05 Å². The van der Waals surface area contributed by atoms with Crippen LogP contribution in [0.25, 0.3) is 0 Å². The van der Waals surface area contributed by atoms with Crippen LogP contribution in [0.3, 0.4) is 0 Å². The maximum Gasteiger partial charge on any atom is 0.459 e. The topological polar surface area (TPSA) is 89.0 Å². The van der Waals surface area contributed by atoms with Crippen molar-refractivity contribution >= 4 is 11.7 Å². The molecule has 0 aliphatic carbocycles. The number of ether oxygens (including phenoxy) is 2. The lowest BCUT2D eigenvalue weighted by Gasteiger charge is -2.16. The van der Waals surface area contributed by atoms with Crippen molar-refractivity contribution in [2.45, 2.75) is 27.4 Å². The van der Waals surface area contributed by atoms with Gasteiger partial charge >= 0.3 is 6.03 Å². The van der Waals surface area contributed by atoms with Gasteiger partial charge in [-0.15, -0.1) is 4.70 Å².